The average molecular weight is 308 g/mol. The molecule has 0 atom stereocenters. The molecule has 1 amide bonds. The van der Waals surface area contributed by atoms with Gasteiger partial charge >= 0.3 is 5.69 Å². The Morgan fingerprint density at radius 3 is 2.86 bits per heavy atom. The third-order valence-electron chi connectivity index (χ3n) is 3.49. The van der Waals surface area contributed by atoms with Crippen LogP contribution in [0.1, 0.15) is 23.7 Å². The third-order valence-corrected chi connectivity index (χ3v) is 4.41. The first-order chi connectivity index (χ1) is 10.1. The van der Waals surface area contributed by atoms with Gasteiger partial charge in [-0.1, -0.05) is 11.3 Å². The summed E-state index contributed by atoms with van der Waals surface area (Å²) in [6.45, 7) is 2.44. The summed E-state index contributed by atoms with van der Waals surface area (Å²) in [6, 6.07) is 0. The van der Waals surface area contributed by atoms with E-state index in [1.165, 1.54) is 20.9 Å². The van der Waals surface area contributed by atoms with Gasteiger partial charge in [0, 0.05) is 20.0 Å². The van der Waals surface area contributed by atoms with E-state index in [9.17, 15) is 9.59 Å². The highest BCUT2D eigenvalue weighted by molar-refractivity contribution is 7.15. The second kappa shape index (κ2) is 5.40. The number of carbonyl (C=O) groups excluding carboxylic acids is 1. The van der Waals surface area contributed by atoms with Gasteiger partial charge in [0.2, 0.25) is 11.0 Å². The molecule has 112 valence electrons. The van der Waals surface area contributed by atoms with Crippen LogP contribution >= 0.6 is 11.3 Å². The Balaban J connectivity index is 1.79. The van der Waals surface area contributed by atoms with Gasteiger partial charge in [0.05, 0.1) is 0 Å². The number of aromatic nitrogens is 5. The molecule has 9 heteroatoms. The molecule has 2 aromatic heterocycles. The SMILES string of the molecule is Cc1nnc(N(C)C(=O)Cn2nc3n(c2=O)CCCC3)s1. The zero-order chi connectivity index (χ0) is 15.0. The average Bonchev–Trinajstić information content (AvgIpc) is 3.04. The van der Waals surface area contributed by atoms with Gasteiger partial charge in [-0.25, -0.2) is 9.48 Å². The van der Waals surface area contributed by atoms with Crippen molar-refractivity contribution in [1.82, 2.24) is 24.5 Å². The smallest absolute Gasteiger partial charge is 0.288 e. The molecule has 0 N–H and O–H groups in total. The molecule has 2 aromatic rings. The molecule has 0 aromatic carbocycles. The lowest BCUT2D eigenvalue weighted by Gasteiger charge is -2.12. The molecule has 0 saturated heterocycles. The Labute approximate surface area is 125 Å². The lowest BCUT2D eigenvalue weighted by Crippen LogP contribution is -2.35. The Bertz CT molecular complexity index is 730. The van der Waals surface area contributed by atoms with Crippen LogP contribution in [0.4, 0.5) is 5.13 Å². The van der Waals surface area contributed by atoms with Crippen LogP contribution in [-0.4, -0.2) is 37.5 Å². The van der Waals surface area contributed by atoms with Crippen LogP contribution in [0.2, 0.25) is 0 Å². The molecule has 0 fully saturated rings. The van der Waals surface area contributed by atoms with E-state index in [1.54, 1.807) is 11.6 Å². The Morgan fingerprint density at radius 2 is 2.19 bits per heavy atom. The van der Waals surface area contributed by atoms with Crippen LogP contribution < -0.4 is 10.6 Å². The summed E-state index contributed by atoms with van der Waals surface area (Å²) in [7, 11) is 1.63. The van der Waals surface area contributed by atoms with Gasteiger partial charge in [0.25, 0.3) is 0 Å². The maximum Gasteiger partial charge on any atom is 0.346 e. The van der Waals surface area contributed by atoms with Crippen molar-refractivity contribution in [3.05, 3.63) is 21.3 Å². The summed E-state index contributed by atoms with van der Waals surface area (Å²) in [4.78, 5) is 25.8. The van der Waals surface area contributed by atoms with Crippen LogP contribution in [0.25, 0.3) is 0 Å². The normalized spacial score (nSPS) is 14.0. The number of rotatable bonds is 3. The summed E-state index contributed by atoms with van der Waals surface area (Å²) in [5.74, 6) is 0.539. The lowest BCUT2D eigenvalue weighted by atomic mass is 10.2. The predicted molar refractivity (Wildman–Crippen MR) is 77.5 cm³/mol. The molecule has 0 unspecified atom stereocenters. The van der Waals surface area contributed by atoms with E-state index in [0.29, 0.717) is 11.7 Å². The number of likely N-dealkylation sites (N-methyl/N-ethyl adjacent to an activating group) is 1. The van der Waals surface area contributed by atoms with Crippen LogP contribution in [0.3, 0.4) is 0 Å². The van der Waals surface area contributed by atoms with Crippen molar-refractivity contribution in [3.63, 3.8) is 0 Å². The molecule has 0 radical (unpaired) electrons. The van der Waals surface area contributed by atoms with Crippen LogP contribution in [0.5, 0.6) is 0 Å². The minimum absolute atomic E-state index is 0.0754. The molecule has 0 saturated carbocycles. The number of hydrogen-bond donors (Lipinski definition) is 0. The van der Waals surface area contributed by atoms with Crippen molar-refractivity contribution >= 4 is 22.4 Å². The number of nitrogens with zero attached hydrogens (tertiary/aromatic N) is 6. The van der Waals surface area contributed by atoms with Gasteiger partial charge in [0.1, 0.15) is 17.4 Å². The fourth-order valence-corrected chi connectivity index (χ4v) is 2.98. The summed E-state index contributed by atoms with van der Waals surface area (Å²) >= 11 is 1.34. The van der Waals surface area contributed by atoms with E-state index in [4.69, 9.17) is 0 Å². The maximum atomic E-state index is 12.2. The van der Waals surface area contributed by atoms with Crippen LogP contribution in [-0.2, 0) is 24.3 Å². The van der Waals surface area contributed by atoms with Gasteiger partial charge in [0.15, 0.2) is 0 Å². The Morgan fingerprint density at radius 1 is 1.38 bits per heavy atom. The molecule has 8 nitrogen and oxygen atoms in total. The lowest BCUT2D eigenvalue weighted by molar-refractivity contribution is -0.119. The minimum atomic E-state index is -0.233. The Kier molecular flexibility index (Phi) is 3.58. The first kappa shape index (κ1) is 13.9. The Hall–Kier alpha value is -2.03. The van der Waals surface area contributed by atoms with Crippen molar-refractivity contribution in [2.24, 2.45) is 0 Å². The second-order valence-corrected chi connectivity index (χ2v) is 6.18. The molecule has 0 bridgehead atoms. The van der Waals surface area contributed by atoms with Gasteiger partial charge in [-0.3, -0.25) is 14.3 Å². The van der Waals surface area contributed by atoms with Gasteiger partial charge in [-0.15, -0.1) is 10.2 Å². The monoisotopic (exact) mass is 308 g/mol. The standard InChI is InChI=1S/C12H16N6O2S/c1-8-13-14-11(21-8)16(2)10(19)7-18-12(20)17-6-4-3-5-9(17)15-18/h3-7H2,1-2H3. The first-order valence-electron chi connectivity index (χ1n) is 6.79. The highest BCUT2D eigenvalue weighted by Crippen LogP contribution is 2.18. The number of carbonyl (C=O) groups is 1. The van der Waals surface area contributed by atoms with E-state index in [-0.39, 0.29) is 18.1 Å². The van der Waals surface area contributed by atoms with Gasteiger partial charge in [-0.05, 0) is 19.8 Å². The molecular formula is C12H16N6O2S. The minimum Gasteiger partial charge on any atom is -0.288 e. The van der Waals surface area contributed by atoms with E-state index in [1.807, 2.05) is 6.92 Å². The molecule has 1 aliphatic heterocycles. The van der Waals surface area contributed by atoms with Crippen molar-refractivity contribution < 1.29 is 4.79 Å². The number of hydrogen-bond acceptors (Lipinski definition) is 6. The van der Waals surface area contributed by atoms with Crippen molar-refractivity contribution in [3.8, 4) is 0 Å². The summed E-state index contributed by atoms with van der Waals surface area (Å²) in [5.41, 5.74) is -0.208. The third kappa shape index (κ3) is 2.60. The second-order valence-electron chi connectivity index (χ2n) is 5.02. The van der Waals surface area contributed by atoms with E-state index in [2.05, 4.69) is 15.3 Å². The summed E-state index contributed by atoms with van der Waals surface area (Å²) in [5, 5.41) is 13.4. The number of anilines is 1. The fraction of sp³-hybridized carbons (Fsp3) is 0.583. The first-order valence-corrected chi connectivity index (χ1v) is 7.61. The van der Waals surface area contributed by atoms with Crippen LogP contribution in [0.15, 0.2) is 4.79 Å². The molecule has 0 spiro atoms. The van der Waals surface area contributed by atoms with Crippen LogP contribution in [0, 0.1) is 6.92 Å². The highest BCUT2D eigenvalue weighted by Gasteiger charge is 2.21. The van der Waals surface area contributed by atoms with Crippen molar-refractivity contribution in [2.45, 2.75) is 39.3 Å². The zero-order valence-electron chi connectivity index (χ0n) is 11.9. The number of aryl methyl sites for hydroxylation is 2. The molecule has 3 heterocycles. The molecular weight excluding hydrogens is 292 g/mol. The largest absolute Gasteiger partial charge is 0.346 e. The van der Waals surface area contributed by atoms with Gasteiger partial charge in [-0.2, -0.15) is 5.10 Å². The van der Waals surface area contributed by atoms with E-state index in [0.717, 1.165) is 30.1 Å². The zero-order valence-corrected chi connectivity index (χ0v) is 12.8. The molecule has 0 aliphatic carbocycles. The number of amides is 1. The summed E-state index contributed by atoms with van der Waals surface area (Å²) < 4.78 is 2.90. The van der Waals surface area contributed by atoms with Crippen molar-refractivity contribution in [1.29, 1.82) is 0 Å². The topological polar surface area (TPSA) is 85.9 Å². The molecule has 21 heavy (non-hydrogen) atoms. The number of fused-ring (bicyclic) bond motifs is 1. The quantitative estimate of drug-likeness (QED) is 0.809. The van der Waals surface area contributed by atoms with Crippen molar-refractivity contribution in [2.75, 3.05) is 11.9 Å². The van der Waals surface area contributed by atoms with Gasteiger partial charge < -0.3 is 0 Å². The predicted octanol–water partition coefficient (Wildman–Crippen LogP) is 0.204. The highest BCUT2D eigenvalue weighted by atomic mass is 32.1. The van der Waals surface area contributed by atoms with E-state index < -0.39 is 0 Å². The molecule has 3 rings (SSSR count). The maximum absolute atomic E-state index is 12.2. The van der Waals surface area contributed by atoms with E-state index >= 15 is 0 Å². The fourth-order valence-electron chi connectivity index (χ4n) is 2.31. The summed E-state index contributed by atoms with van der Waals surface area (Å²) in [6.07, 6.45) is 2.81. The molecule has 1 aliphatic rings.